The number of benzene rings is 1. The molecule has 0 saturated carbocycles. The van der Waals surface area contributed by atoms with Gasteiger partial charge in [-0.05, 0) is 37.0 Å². The molecule has 1 aliphatic heterocycles. The summed E-state index contributed by atoms with van der Waals surface area (Å²) in [6, 6.07) is 7.78. The number of nitrogens with two attached hydrogens (primary N) is 1. The molecule has 4 nitrogen and oxygen atoms in total. The molecule has 2 N–H and O–H groups in total. The second kappa shape index (κ2) is 6.75. The topological polar surface area (TPSA) is 55.6 Å². The third-order valence-electron chi connectivity index (χ3n) is 3.95. The van der Waals surface area contributed by atoms with Crippen LogP contribution in [-0.2, 0) is 4.79 Å². The fourth-order valence-corrected chi connectivity index (χ4v) is 2.85. The number of carbonyl (C=O) groups is 1. The molecule has 2 unspecified atom stereocenters. The Morgan fingerprint density at radius 1 is 1.45 bits per heavy atom. The molecule has 1 aliphatic rings. The van der Waals surface area contributed by atoms with Gasteiger partial charge in [-0.1, -0.05) is 25.5 Å². The van der Waals surface area contributed by atoms with Crippen LogP contribution in [0, 0.1) is 0 Å². The third-order valence-corrected chi connectivity index (χ3v) is 3.95. The first kappa shape index (κ1) is 14.9. The average Bonchev–Trinajstić information content (AvgIpc) is 2.96. The van der Waals surface area contributed by atoms with Crippen molar-refractivity contribution in [3.8, 4) is 5.75 Å². The van der Waals surface area contributed by atoms with Crippen molar-refractivity contribution in [3.05, 3.63) is 29.8 Å². The van der Waals surface area contributed by atoms with Gasteiger partial charge < -0.3 is 15.4 Å². The number of carbonyl (C=O) groups excluding carboxylic acids is 1. The summed E-state index contributed by atoms with van der Waals surface area (Å²) >= 11 is 0. The second-order valence-electron chi connectivity index (χ2n) is 5.36. The summed E-state index contributed by atoms with van der Waals surface area (Å²) in [7, 11) is 1.66. The summed E-state index contributed by atoms with van der Waals surface area (Å²) in [4.78, 5) is 14.4. The molecule has 0 aliphatic carbocycles. The molecule has 1 heterocycles. The van der Waals surface area contributed by atoms with Crippen LogP contribution in [0.3, 0.4) is 0 Å². The predicted octanol–water partition coefficient (Wildman–Crippen LogP) is 2.49. The fraction of sp³-hybridized carbons (Fsp3) is 0.562. The molecule has 20 heavy (non-hydrogen) atoms. The van der Waals surface area contributed by atoms with Crippen LogP contribution in [-0.4, -0.2) is 30.5 Å². The number of rotatable bonds is 5. The van der Waals surface area contributed by atoms with Crippen molar-refractivity contribution in [3.63, 3.8) is 0 Å². The van der Waals surface area contributed by atoms with Gasteiger partial charge in [0.1, 0.15) is 5.75 Å². The number of nitrogens with zero attached hydrogens (tertiary/aromatic N) is 1. The Kier molecular flexibility index (Phi) is 5.01. The zero-order valence-corrected chi connectivity index (χ0v) is 12.3. The highest BCUT2D eigenvalue weighted by Crippen LogP contribution is 2.33. The molecule has 110 valence electrons. The molecule has 1 aromatic carbocycles. The smallest absolute Gasteiger partial charge is 0.239 e. The largest absolute Gasteiger partial charge is 0.497 e. The molecule has 1 saturated heterocycles. The molecule has 0 spiro atoms. The maximum atomic E-state index is 12.4. The number of hydrogen-bond donors (Lipinski definition) is 1. The molecule has 0 bridgehead atoms. The van der Waals surface area contributed by atoms with E-state index in [1.54, 1.807) is 7.11 Å². The minimum atomic E-state index is -0.362. The van der Waals surface area contributed by atoms with E-state index >= 15 is 0 Å². The zero-order valence-electron chi connectivity index (χ0n) is 12.3. The molecule has 4 heteroatoms. The quantitative estimate of drug-likeness (QED) is 0.899. The lowest BCUT2D eigenvalue weighted by Gasteiger charge is -2.27. The molecule has 1 fully saturated rings. The second-order valence-corrected chi connectivity index (χ2v) is 5.36. The lowest BCUT2D eigenvalue weighted by Crippen LogP contribution is -2.43. The van der Waals surface area contributed by atoms with Gasteiger partial charge in [-0.2, -0.15) is 0 Å². The summed E-state index contributed by atoms with van der Waals surface area (Å²) in [5.74, 6) is 0.928. The van der Waals surface area contributed by atoms with Gasteiger partial charge in [-0.3, -0.25) is 4.79 Å². The Bertz CT molecular complexity index is 444. The van der Waals surface area contributed by atoms with E-state index < -0.39 is 0 Å². The van der Waals surface area contributed by atoms with Crippen LogP contribution in [0.4, 0.5) is 0 Å². The minimum Gasteiger partial charge on any atom is -0.497 e. The van der Waals surface area contributed by atoms with Gasteiger partial charge in [0.05, 0.1) is 19.2 Å². The van der Waals surface area contributed by atoms with E-state index in [9.17, 15) is 4.79 Å². The molecule has 2 rings (SSSR count). The third kappa shape index (κ3) is 3.12. The zero-order chi connectivity index (χ0) is 14.5. The van der Waals surface area contributed by atoms with E-state index in [-0.39, 0.29) is 18.0 Å². The van der Waals surface area contributed by atoms with E-state index in [0.29, 0.717) is 0 Å². The van der Waals surface area contributed by atoms with Gasteiger partial charge in [-0.25, -0.2) is 0 Å². The average molecular weight is 276 g/mol. The molecule has 0 aromatic heterocycles. The summed E-state index contributed by atoms with van der Waals surface area (Å²) in [6.07, 6.45) is 3.75. The fourth-order valence-electron chi connectivity index (χ4n) is 2.85. The highest BCUT2D eigenvalue weighted by molar-refractivity contribution is 5.82. The summed E-state index contributed by atoms with van der Waals surface area (Å²) in [5.41, 5.74) is 7.15. The van der Waals surface area contributed by atoms with Gasteiger partial charge in [-0.15, -0.1) is 0 Å². The highest BCUT2D eigenvalue weighted by atomic mass is 16.5. The summed E-state index contributed by atoms with van der Waals surface area (Å²) in [6.45, 7) is 2.87. The van der Waals surface area contributed by atoms with Crippen LogP contribution in [0.1, 0.15) is 44.2 Å². The lowest BCUT2D eigenvalue weighted by atomic mass is 10.0. The normalized spacial score (nSPS) is 19.9. The van der Waals surface area contributed by atoms with E-state index in [0.717, 1.165) is 38.0 Å². The van der Waals surface area contributed by atoms with Crippen LogP contribution >= 0.6 is 0 Å². The van der Waals surface area contributed by atoms with Crippen molar-refractivity contribution in [2.45, 2.75) is 44.7 Å². The first-order valence-corrected chi connectivity index (χ1v) is 7.37. The molecule has 2 atom stereocenters. The van der Waals surface area contributed by atoms with Gasteiger partial charge in [0.25, 0.3) is 0 Å². The van der Waals surface area contributed by atoms with Crippen LogP contribution in [0.15, 0.2) is 24.3 Å². The van der Waals surface area contributed by atoms with Crippen molar-refractivity contribution in [2.75, 3.05) is 13.7 Å². The lowest BCUT2D eigenvalue weighted by molar-refractivity contribution is -0.133. The van der Waals surface area contributed by atoms with Crippen LogP contribution in [0.5, 0.6) is 5.75 Å². The van der Waals surface area contributed by atoms with E-state index in [1.807, 2.05) is 29.2 Å². The van der Waals surface area contributed by atoms with Crippen LogP contribution in [0.2, 0.25) is 0 Å². The molecule has 1 amide bonds. The Balaban J connectivity index is 2.11. The van der Waals surface area contributed by atoms with Crippen molar-refractivity contribution >= 4 is 5.91 Å². The molecular formula is C16H24N2O2. The van der Waals surface area contributed by atoms with Crippen molar-refractivity contribution in [1.29, 1.82) is 0 Å². The Morgan fingerprint density at radius 2 is 2.15 bits per heavy atom. The maximum absolute atomic E-state index is 12.4. The monoisotopic (exact) mass is 276 g/mol. The van der Waals surface area contributed by atoms with Gasteiger partial charge in [0, 0.05) is 6.54 Å². The predicted molar refractivity (Wildman–Crippen MR) is 79.6 cm³/mol. The SMILES string of the molecule is CCCC(N)C(=O)N1CCCC1c1ccc(OC)cc1. The van der Waals surface area contributed by atoms with Crippen molar-refractivity contribution < 1.29 is 9.53 Å². The molecular weight excluding hydrogens is 252 g/mol. The Labute approximate surface area is 120 Å². The molecule has 0 radical (unpaired) electrons. The summed E-state index contributed by atoms with van der Waals surface area (Å²) in [5, 5.41) is 0. The van der Waals surface area contributed by atoms with Crippen LogP contribution < -0.4 is 10.5 Å². The maximum Gasteiger partial charge on any atom is 0.239 e. The van der Waals surface area contributed by atoms with E-state index in [4.69, 9.17) is 10.5 Å². The van der Waals surface area contributed by atoms with Crippen molar-refractivity contribution in [1.82, 2.24) is 4.90 Å². The Morgan fingerprint density at radius 3 is 2.75 bits per heavy atom. The highest BCUT2D eigenvalue weighted by Gasteiger charge is 2.32. The first-order chi connectivity index (χ1) is 9.67. The van der Waals surface area contributed by atoms with Gasteiger partial charge in [0.2, 0.25) is 5.91 Å². The van der Waals surface area contributed by atoms with Gasteiger partial charge in [0.15, 0.2) is 0 Å². The summed E-state index contributed by atoms with van der Waals surface area (Å²) < 4.78 is 5.18. The number of amides is 1. The number of methoxy groups -OCH3 is 1. The number of ether oxygens (including phenoxy) is 1. The number of likely N-dealkylation sites (tertiary alicyclic amines) is 1. The molecule has 1 aromatic rings. The van der Waals surface area contributed by atoms with Gasteiger partial charge >= 0.3 is 0 Å². The Hall–Kier alpha value is -1.55. The minimum absolute atomic E-state index is 0.0881. The number of hydrogen-bond acceptors (Lipinski definition) is 3. The van der Waals surface area contributed by atoms with E-state index in [2.05, 4.69) is 6.92 Å². The van der Waals surface area contributed by atoms with E-state index in [1.165, 1.54) is 5.56 Å². The first-order valence-electron chi connectivity index (χ1n) is 7.37. The standard InChI is InChI=1S/C16H24N2O2/c1-3-5-14(17)16(19)18-11-4-6-15(18)12-7-9-13(20-2)10-8-12/h7-10,14-15H,3-6,11,17H2,1-2H3. The van der Waals surface area contributed by atoms with Crippen molar-refractivity contribution in [2.24, 2.45) is 5.73 Å². The van der Waals surface area contributed by atoms with Crippen LogP contribution in [0.25, 0.3) is 0 Å².